The Morgan fingerprint density at radius 1 is 1.09 bits per heavy atom. The summed E-state index contributed by atoms with van der Waals surface area (Å²) in [5.41, 5.74) is 5.07. The van der Waals surface area contributed by atoms with Crippen molar-refractivity contribution >= 4 is 27.6 Å². The highest BCUT2D eigenvalue weighted by Gasteiger charge is 2.35. The van der Waals surface area contributed by atoms with E-state index in [4.69, 9.17) is 11.0 Å². The average Bonchev–Trinajstić information content (AvgIpc) is 3.25. The van der Waals surface area contributed by atoms with Crippen molar-refractivity contribution in [3.05, 3.63) is 41.7 Å². The number of aromatic nitrogens is 2. The van der Waals surface area contributed by atoms with Gasteiger partial charge in [0, 0.05) is 18.4 Å². The van der Waals surface area contributed by atoms with Crippen LogP contribution in [0.15, 0.2) is 30.6 Å². The van der Waals surface area contributed by atoms with Gasteiger partial charge in [-0.05, 0) is 24.0 Å². The molecule has 0 spiro atoms. The van der Waals surface area contributed by atoms with Crippen LogP contribution in [0, 0.1) is 5.92 Å². The molecule has 32 heavy (non-hydrogen) atoms. The van der Waals surface area contributed by atoms with Crippen LogP contribution in [-0.2, 0) is 20.9 Å². The lowest BCUT2D eigenvalue weighted by Gasteiger charge is -2.22. The van der Waals surface area contributed by atoms with E-state index < -0.39 is 28.4 Å². The third kappa shape index (κ3) is 4.92. The first-order chi connectivity index (χ1) is 15.2. The zero-order chi connectivity index (χ0) is 22.9. The van der Waals surface area contributed by atoms with E-state index in [2.05, 4.69) is 30.2 Å². The first-order valence-corrected chi connectivity index (χ1v) is 11.7. The van der Waals surface area contributed by atoms with Crippen LogP contribution >= 0.6 is 0 Å². The fourth-order valence-corrected chi connectivity index (χ4v) is 4.78. The Bertz CT molecular complexity index is 1070. The van der Waals surface area contributed by atoms with E-state index in [1.807, 2.05) is 24.3 Å². The number of nitrogens with zero attached hydrogens (tertiary/aromatic N) is 2. The first kappa shape index (κ1) is 22.6. The zero-order valence-corrected chi connectivity index (χ0v) is 18.0. The summed E-state index contributed by atoms with van der Waals surface area (Å²) in [4.78, 5) is 8.53. The number of hydrogen-bond donors (Lipinski definition) is 7. The molecule has 9 N–H and O–H groups in total. The number of anilines is 3. The van der Waals surface area contributed by atoms with Gasteiger partial charge in [-0.25, -0.2) is 15.1 Å². The fraction of sp³-hybridized carbons (Fsp3) is 0.474. The van der Waals surface area contributed by atoms with Crippen LogP contribution in [-0.4, -0.2) is 53.5 Å². The second kappa shape index (κ2) is 9.13. The predicted octanol–water partition coefficient (Wildman–Crippen LogP) is -0.396. The van der Waals surface area contributed by atoms with Crippen molar-refractivity contribution in [1.29, 1.82) is 0 Å². The lowest BCUT2D eigenvalue weighted by Crippen LogP contribution is -2.25. The second-order valence-electron chi connectivity index (χ2n) is 8.10. The number of benzene rings is 1. The van der Waals surface area contributed by atoms with Gasteiger partial charge in [0.2, 0.25) is 0 Å². The van der Waals surface area contributed by atoms with Gasteiger partial charge in [-0.15, -0.1) is 0 Å². The zero-order valence-electron chi connectivity index (χ0n) is 17.2. The van der Waals surface area contributed by atoms with Crippen LogP contribution in [0.1, 0.15) is 30.0 Å². The van der Waals surface area contributed by atoms with E-state index in [1.165, 1.54) is 6.33 Å². The maximum atomic E-state index is 11.0. The molecule has 0 amide bonds. The maximum absolute atomic E-state index is 11.0. The quantitative estimate of drug-likeness (QED) is 0.198. The number of nitrogens with two attached hydrogens (primary N) is 2. The molecule has 3 unspecified atom stereocenters. The molecule has 12 nitrogen and oxygen atoms in total. The number of rotatable bonds is 8. The minimum atomic E-state index is -4.07. The molecule has 1 heterocycles. The van der Waals surface area contributed by atoms with Crippen LogP contribution in [0.5, 0.6) is 0 Å². The maximum Gasteiger partial charge on any atom is 0.333 e. The molecular weight excluding hydrogens is 438 g/mol. The summed E-state index contributed by atoms with van der Waals surface area (Å²) in [5.74, 6) is 6.19. The Labute approximate surface area is 185 Å². The molecule has 5 atom stereocenters. The lowest BCUT2D eigenvalue weighted by molar-refractivity contribution is 0.101. The highest BCUT2D eigenvalue weighted by Crippen LogP contribution is 2.37. The van der Waals surface area contributed by atoms with E-state index in [1.54, 1.807) is 0 Å². The molecule has 1 aromatic carbocycles. The normalized spacial score (nSPS) is 27.2. The third-order valence-corrected chi connectivity index (χ3v) is 6.40. The minimum Gasteiger partial charge on any atom is -0.393 e. The van der Waals surface area contributed by atoms with Crippen molar-refractivity contribution in [2.75, 3.05) is 22.7 Å². The van der Waals surface area contributed by atoms with Gasteiger partial charge in [-0.3, -0.25) is 10.0 Å². The smallest absolute Gasteiger partial charge is 0.333 e. The summed E-state index contributed by atoms with van der Waals surface area (Å²) in [5, 5.41) is 32.1. The number of nitrogens with one attached hydrogen (secondary N) is 3. The molecule has 1 fully saturated rings. The van der Waals surface area contributed by atoms with Gasteiger partial charge in [0.15, 0.2) is 11.6 Å². The Morgan fingerprint density at radius 2 is 1.81 bits per heavy atom. The highest BCUT2D eigenvalue weighted by molar-refractivity contribution is 7.84. The van der Waals surface area contributed by atoms with Gasteiger partial charge in [-0.2, -0.15) is 8.42 Å². The van der Waals surface area contributed by atoms with E-state index in [0.717, 1.165) is 11.1 Å². The molecule has 0 saturated heterocycles. The Hall–Kier alpha value is -2.55. The van der Waals surface area contributed by atoms with Gasteiger partial charge in [0.1, 0.15) is 12.0 Å². The average molecular weight is 466 g/mol. The van der Waals surface area contributed by atoms with Crippen LogP contribution < -0.4 is 27.0 Å². The van der Waals surface area contributed by atoms with Crippen molar-refractivity contribution in [2.24, 2.45) is 16.9 Å². The number of aliphatic hydroxyl groups excluding tert-OH is 2. The van der Waals surface area contributed by atoms with Gasteiger partial charge in [0.05, 0.1) is 24.9 Å². The van der Waals surface area contributed by atoms with Gasteiger partial charge < -0.3 is 26.3 Å². The van der Waals surface area contributed by atoms with Gasteiger partial charge >= 0.3 is 10.3 Å². The number of hydrazine groups is 1. The molecule has 1 aromatic heterocycles. The number of aliphatic hydroxyl groups is 2. The van der Waals surface area contributed by atoms with E-state index in [9.17, 15) is 18.6 Å². The van der Waals surface area contributed by atoms with Crippen molar-refractivity contribution in [3.63, 3.8) is 0 Å². The summed E-state index contributed by atoms with van der Waals surface area (Å²) in [7, 11) is -4.07. The molecule has 0 radical (unpaired) electrons. The van der Waals surface area contributed by atoms with Crippen molar-refractivity contribution in [1.82, 2.24) is 9.97 Å². The first-order valence-electron chi connectivity index (χ1n) is 10.2. The topological polar surface area (TPSA) is 198 Å². The Morgan fingerprint density at radius 3 is 2.53 bits per heavy atom. The largest absolute Gasteiger partial charge is 0.393 e. The molecular formula is C19H27N7O5S. The predicted molar refractivity (Wildman–Crippen MR) is 118 cm³/mol. The van der Waals surface area contributed by atoms with Crippen LogP contribution in [0.4, 0.5) is 17.3 Å². The molecule has 13 heteroatoms. The summed E-state index contributed by atoms with van der Waals surface area (Å²) >= 11 is 0. The van der Waals surface area contributed by atoms with E-state index in [0.29, 0.717) is 36.6 Å². The molecule has 0 bridgehead atoms. The molecule has 2 aliphatic carbocycles. The summed E-state index contributed by atoms with van der Waals surface area (Å²) in [6, 6.07) is 7.24. The molecule has 1 saturated carbocycles. The summed E-state index contributed by atoms with van der Waals surface area (Å²) in [6.07, 6.45) is 1.34. The molecule has 174 valence electrons. The van der Waals surface area contributed by atoms with Crippen molar-refractivity contribution in [2.45, 2.75) is 43.6 Å². The monoisotopic (exact) mass is 465 g/mol. The number of fused-ring (bicyclic) bond motifs is 1. The summed E-state index contributed by atoms with van der Waals surface area (Å²) < 4.78 is 26.7. The molecule has 4 rings (SSSR count). The molecule has 0 aliphatic heterocycles. The summed E-state index contributed by atoms with van der Waals surface area (Å²) in [6.45, 7) is -0.199. The number of hydrogen-bond acceptors (Lipinski definition) is 11. The SMILES string of the molecule is NNc1c(NC2CC(O)C(COS(N)(=O)=O)C2)ncnc1N[C@@H]1c2ccccc2C[C@@H]1O. The second-order valence-corrected chi connectivity index (χ2v) is 9.32. The third-order valence-electron chi connectivity index (χ3n) is 5.93. The molecule has 2 aromatic rings. The standard InChI is InChI=1S/C19H27N7O5S/c20-26-17-18(24-12-5-11(14(27)7-12)8-31-32(21,29)30)22-9-23-19(17)25-16-13-4-2-1-3-10(13)6-15(16)28/h1-4,9,11-12,14-16,26-28H,5-8,20H2,(H2,21,29,30)(H2,22,23,24,25)/t11?,12?,14?,15-,16+/m0/s1. The van der Waals surface area contributed by atoms with Crippen LogP contribution in [0.3, 0.4) is 0 Å². The van der Waals surface area contributed by atoms with Gasteiger partial charge in [0.25, 0.3) is 0 Å². The lowest BCUT2D eigenvalue weighted by atomic mass is 10.1. The minimum absolute atomic E-state index is 0.199. The highest BCUT2D eigenvalue weighted by atomic mass is 32.2. The van der Waals surface area contributed by atoms with Gasteiger partial charge in [-0.1, -0.05) is 24.3 Å². The Kier molecular flexibility index (Phi) is 6.46. The van der Waals surface area contributed by atoms with E-state index in [-0.39, 0.29) is 18.7 Å². The Balaban J connectivity index is 1.48. The van der Waals surface area contributed by atoms with Crippen molar-refractivity contribution in [3.8, 4) is 0 Å². The fourth-order valence-electron chi connectivity index (χ4n) is 4.41. The van der Waals surface area contributed by atoms with E-state index >= 15 is 0 Å². The number of nitrogen functional groups attached to an aromatic ring is 1. The van der Waals surface area contributed by atoms with Crippen LogP contribution in [0.2, 0.25) is 0 Å². The molecule has 2 aliphatic rings. The van der Waals surface area contributed by atoms with Crippen molar-refractivity contribution < 1.29 is 22.8 Å². The van der Waals surface area contributed by atoms with Crippen LogP contribution in [0.25, 0.3) is 0 Å².